The zero-order valence-corrected chi connectivity index (χ0v) is 9.02. The van der Waals surface area contributed by atoms with Crippen LogP contribution in [-0.4, -0.2) is 6.04 Å². The van der Waals surface area contributed by atoms with Gasteiger partial charge < -0.3 is 5.73 Å². The van der Waals surface area contributed by atoms with Crippen LogP contribution in [0.25, 0.3) is 0 Å². The van der Waals surface area contributed by atoms with E-state index in [4.69, 9.17) is 17.3 Å². The van der Waals surface area contributed by atoms with E-state index in [1.807, 2.05) is 13.0 Å². The highest BCUT2D eigenvalue weighted by Crippen LogP contribution is 2.16. The molecule has 0 spiro atoms. The number of nitrogens with two attached hydrogens (primary N) is 1. The predicted molar refractivity (Wildman–Crippen MR) is 58.0 cm³/mol. The highest BCUT2D eigenvalue weighted by molar-refractivity contribution is 6.30. The summed E-state index contributed by atoms with van der Waals surface area (Å²) in [5, 5.41) is 0.175. The Labute approximate surface area is 89.1 Å². The Kier molecular flexibility index (Phi) is 4.36. The fourth-order valence-electron chi connectivity index (χ4n) is 1.25. The molecule has 14 heavy (non-hydrogen) atoms. The number of hydrogen-bond acceptors (Lipinski definition) is 1. The molecule has 0 radical (unpaired) electrons. The average Bonchev–Trinajstić information content (AvgIpc) is 2.19. The van der Waals surface area contributed by atoms with E-state index in [1.165, 1.54) is 6.07 Å². The fourth-order valence-corrected chi connectivity index (χ4v) is 1.37. The normalized spacial score (nSPS) is 12.9. The maximum Gasteiger partial charge on any atom is 0.142 e. The molecule has 0 aromatic heterocycles. The quantitative estimate of drug-likeness (QED) is 0.821. The van der Waals surface area contributed by atoms with Crippen molar-refractivity contribution in [2.75, 3.05) is 0 Å². The molecule has 1 atom stereocenters. The van der Waals surface area contributed by atoms with Gasteiger partial charge in [-0.15, -0.1) is 0 Å². The van der Waals surface area contributed by atoms with Gasteiger partial charge in [-0.3, -0.25) is 0 Å². The van der Waals surface area contributed by atoms with Gasteiger partial charge in [0.25, 0.3) is 0 Å². The second-order valence-electron chi connectivity index (χ2n) is 3.46. The molecular weight excluding hydrogens is 201 g/mol. The third kappa shape index (κ3) is 3.28. The highest BCUT2D eigenvalue weighted by atomic mass is 35.5. The summed E-state index contributed by atoms with van der Waals surface area (Å²) in [5.74, 6) is -0.353. The topological polar surface area (TPSA) is 26.0 Å². The lowest BCUT2D eigenvalue weighted by atomic mass is 10.0. The lowest BCUT2D eigenvalue weighted by Gasteiger charge is -2.08. The second kappa shape index (κ2) is 5.32. The molecule has 0 heterocycles. The minimum Gasteiger partial charge on any atom is -0.328 e. The van der Waals surface area contributed by atoms with Gasteiger partial charge in [0, 0.05) is 6.04 Å². The lowest BCUT2D eigenvalue weighted by molar-refractivity contribution is 0.590. The van der Waals surface area contributed by atoms with Gasteiger partial charge in [0.2, 0.25) is 0 Å². The monoisotopic (exact) mass is 215 g/mol. The van der Waals surface area contributed by atoms with Gasteiger partial charge in [-0.2, -0.15) is 0 Å². The number of hydrogen-bond donors (Lipinski definition) is 1. The minimum atomic E-state index is -0.353. The lowest BCUT2D eigenvalue weighted by Crippen LogP contribution is -2.19. The van der Waals surface area contributed by atoms with Crippen molar-refractivity contribution in [2.24, 2.45) is 5.73 Å². The zero-order valence-electron chi connectivity index (χ0n) is 8.26. The van der Waals surface area contributed by atoms with Crippen LogP contribution in [0.3, 0.4) is 0 Å². The van der Waals surface area contributed by atoms with Crippen molar-refractivity contribution in [3.05, 3.63) is 34.6 Å². The molecule has 0 aliphatic rings. The number of rotatable bonds is 4. The van der Waals surface area contributed by atoms with E-state index in [9.17, 15) is 4.39 Å². The Morgan fingerprint density at radius 2 is 2.21 bits per heavy atom. The maximum atomic E-state index is 13.0. The number of benzene rings is 1. The van der Waals surface area contributed by atoms with E-state index < -0.39 is 0 Å². The van der Waals surface area contributed by atoms with Crippen molar-refractivity contribution in [1.82, 2.24) is 0 Å². The Bertz CT molecular complexity index is 301. The molecule has 3 heteroatoms. The Morgan fingerprint density at radius 3 is 2.79 bits per heavy atom. The van der Waals surface area contributed by atoms with Crippen LogP contribution in [0, 0.1) is 5.82 Å². The first-order valence-corrected chi connectivity index (χ1v) is 5.20. The smallest absolute Gasteiger partial charge is 0.142 e. The second-order valence-corrected chi connectivity index (χ2v) is 3.86. The molecule has 1 aromatic rings. The fraction of sp³-hybridized carbons (Fsp3) is 0.455. The molecule has 0 saturated carbocycles. The minimum absolute atomic E-state index is 0.175. The molecule has 2 N–H and O–H groups in total. The predicted octanol–water partition coefficient (Wildman–Crippen LogP) is 3.15. The third-order valence-corrected chi connectivity index (χ3v) is 2.62. The molecule has 0 bridgehead atoms. The largest absolute Gasteiger partial charge is 0.328 e. The molecule has 0 aliphatic heterocycles. The summed E-state index contributed by atoms with van der Waals surface area (Å²) in [5.41, 5.74) is 6.72. The van der Waals surface area contributed by atoms with Crippen LogP contribution in [0.15, 0.2) is 18.2 Å². The van der Waals surface area contributed by atoms with E-state index in [-0.39, 0.29) is 16.9 Å². The average molecular weight is 216 g/mol. The first-order valence-electron chi connectivity index (χ1n) is 4.83. The van der Waals surface area contributed by atoms with Crippen LogP contribution in [-0.2, 0) is 6.42 Å². The molecule has 0 amide bonds. The standard InChI is InChI=1S/C11H15ClFN/c1-2-9(14)5-3-8-4-6-10(12)11(13)7-8/h4,6-7,9H,2-3,5,14H2,1H3. The maximum absolute atomic E-state index is 13.0. The van der Waals surface area contributed by atoms with Gasteiger partial charge in [0.05, 0.1) is 5.02 Å². The summed E-state index contributed by atoms with van der Waals surface area (Å²) in [4.78, 5) is 0. The first-order chi connectivity index (χ1) is 6.63. The van der Waals surface area contributed by atoms with Crippen LogP contribution >= 0.6 is 11.6 Å². The zero-order chi connectivity index (χ0) is 10.6. The Balaban J connectivity index is 2.55. The van der Waals surface area contributed by atoms with Gasteiger partial charge >= 0.3 is 0 Å². The molecule has 1 nitrogen and oxygen atoms in total. The molecule has 0 aliphatic carbocycles. The van der Waals surface area contributed by atoms with Crippen molar-refractivity contribution in [2.45, 2.75) is 32.2 Å². The van der Waals surface area contributed by atoms with Crippen molar-refractivity contribution in [1.29, 1.82) is 0 Å². The highest BCUT2D eigenvalue weighted by Gasteiger charge is 2.03. The molecule has 0 saturated heterocycles. The molecule has 1 rings (SSSR count). The SMILES string of the molecule is CCC(N)CCc1ccc(Cl)c(F)c1. The third-order valence-electron chi connectivity index (χ3n) is 2.31. The van der Waals surface area contributed by atoms with E-state index in [1.54, 1.807) is 6.07 Å². The van der Waals surface area contributed by atoms with Gasteiger partial charge in [0.15, 0.2) is 0 Å². The van der Waals surface area contributed by atoms with Crippen LogP contribution < -0.4 is 5.73 Å². The van der Waals surface area contributed by atoms with Gasteiger partial charge in [0.1, 0.15) is 5.82 Å². The summed E-state index contributed by atoms with van der Waals surface area (Å²) < 4.78 is 13.0. The Morgan fingerprint density at radius 1 is 1.50 bits per heavy atom. The number of halogens is 2. The van der Waals surface area contributed by atoms with Crippen molar-refractivity contribution in [3.63, 3.8) is 0 Å². The Hall–Kier alpha value is -0.600. The number of aryl methyl sites for hydroxylation is 1. The summed E-state index contributed by atoms with van der Waals surface area (Å²) in [6.07, 6.45) is 2.65. The molecule has 78 valence electrons. The molecule has 1 aromatic carbocycles. The molecule has 0 fully saturated rings. The van der Waals surface area contributed by atoms with E-state index in [0.29, 0.717) is 0 Å². The van der Waals surface area contributed by atoms with Crippen LogP contribution in [0.5, 0.6) is 0 Å². The van der Waals surface area contributed by atoms with Crippen LogP contribution in [0.4, 0.5) is 4.39 Å². The first kappa shape index (κ1) is 11.5. The van der Waals surface area contributed by atoms with E-state index >= 15 is 0 Å². The van der Waals surface area contributed by atoms with Crippen LogP contribution in [0.2, 0.25) is 5.02 Å². The van der Waals surface area contributed by atoms with Gasteiger partial charge in [-0.25, -0.2) is 4.39 Å². The summed E-state index contributed by atoms with van der Waals surface area (Å²) in [6.45, 7) is 2.05. The van der Waals surface area contributed by atoms with Crippen molar-refractivity contribution in [3.8, 4) is 0 Å². The van der Waals surface area contributed by atoms with Gasteiger partial charge in [-0.05, 0) is 37.0 Å². The van der Waals surface area contributed by atoms with Crippen molar-refractivity contribution >= 4 is 11.6 Å². The van der Waals surface area contributed by atoms with E-state index in [0.717, 1.165) is 24.8 Å². The van der Waals surface area contributed by atoms with Crippen LogP contribution in [0.1, 0.15) is 25.3 Å². The summed E-state index contributed by atoms with van der Waals surface area (Å²) in [6, 6.07) is 5.11. The summed E-state index contributed by atoms with van der Waals surface area (Å²) in [7, 11) is 0. The van der Waals surface area contributed by atoms with Crippen molar-refractivity contribution < 1.29 is 4.39 Å². The van der Waals surface area contributed by atoms with Gasteiger partial charge in [-0.1, -0.05) is 24.6 Å². The summed E-state index contributed by atoms with van der Waals surface area (Å²) >= 11 is 5.57. The van der Waals surface area contributed by atoms with E-state index in [2.05, 4.69) is 0 Å². The molecular formula is C11H15ClFN. The molecule has 1 unspecified atom stereocenters.